The predicted molar refractivity (Wildman–Crippen MR) is 79.8 cm³/mol. The van der Waals surface area contributed by atoms with Crippen LogP contribution in [0.5, 0.6) is 11.5 Å². The molecular formula is C17H20FNO. The smallest absolute Gasteiger partial charge is 0.130 e. The van der Waals surface area contributed by atoms with Gasteiger partial charge in [-0.25, -0.2) is 4.39 Å². The van der Waals surface area contributed by atoms with Crippen molar-refractivity contribution in [1.82, 2.24) is 5.32 Å². The minimum absolute atomic E-state index is 0.283. The second-order valence-electron chi connectivity index (χ2n) is 5.12. The standard InChI is InChI=1S/C17H20FNO/c1-12(2)16-6-4-5-7-17(16)20-15-9-13(11-19-3)8-14(18)10-15/h4-10,12,19H,11H2,1-3H3. The zero-order valence-electron chi connectivity index (χ0n) is 12.1. The summed E-state index contributed by atoms with van der Waals surface area (Å²) in [5.41, 5.74) is 1.98. The van der Waals surface area contributed by atoms with Crippen LogP contribution in [0.3, 0.4) is 0 Å². The van der Waals surface area contributed by atoms with Crippen molar-refractivity contribution in [1.29, 1.82) is 0 Å². The summed E-state index contributed by atoms with van der Waals surface area (Å²) in [7, 11) is 1.83. The minimum atomic E-state index is -0.283. The fraction of sp³-hybridized carbons (Fsp3) is 0.294. The molecule has 0 aliphatic carbocycles. The maximum absolute atomic E-state index is 13.6. The van der Waals surface area contributed by atoms with Crippen LogP contribution in [-0.4, -0.2) is 7.05 Å². The molecule has 1 N–H and O–H groups in total. The van der Waals surface area contributed by atoms with Gasteiger partial charge in [0, 0.05) is 12.6 Å². The molecule has 2 aromatic rings. The Morgan fingerprint density at radius 1 is 1.15 bits per heavy atom. The second-order valence-corrected chi connectivity index (χ2v) is 5.12. The molecule has 0 amide bonds. The van der Waals surface area contributed by atoms with Gasteiger partial charge in [-0.3, -0.25) is 0 Å². The van der Waals surface area contributed by atoms with E-state index in [4.69, 9.17) is 4.74 Å². The zero-order valence-corrected chi connectivity index (χ0v) is 12.1. The zero-order chi connectivity index (χ0) is 14.5. The van der Waals surface area contributed by atoms with Crippen LogP contribution >= 0.6 is 0 Å². The van der Waals surface area contributed by atoms with Gasteiger partial charge in [0.05, 0.1) is 0 Å². The first kappa shape index (κ1) is 14.5. The number of hydrogen-bond donors (Lipinski definition) is 1. The summed E-state index contributed by atoms with van der Waals surface area (Å²) in [6, 6.07) is 12.6. The predicted octanol–water partition coefficient (Wildman–Crippen LogP) is 4.46. The summed E-state index contributed by atoms with van der Waals surface area (Å²) in [4.78, 5) is 0. The number of para-hydroxylation sites is 1. The molecule has 0 aliphatic heterocycles. The quantitative estimate of drug-likeness (QED) is 0.868. The van der Waals surface area contributed by atoms with E-state index in [1.165, 1.54) is 12.1 Å². The maximum atomic E-state index is 13.6. The normalized spacial score (nSPS) is 10.8. The Morgan fingerprint density at radius 3 is 2.60 bits per heavy atom. The van der Waals surface area contributed by atoms with E-state index in [1.54, 1.807) is 0 Å². The van der Waals surface area contributed by atoms with Crippen LogP contribution in [0.2, 0.25) is 0 Å². The SMILES string of the molecule is CNCc1cc(F)cc(Oc2ccccc2C(C)C)c1. The van der Waals surface area contributed by atoms with E-state index in [1.807, 2.05) is 37.4 Å². The lowest BCUT2D eigenvalue weighted by Crippen LogP contribution is -2.05. The molecule has 0 saturated heterocycles. The van der Waals surface area contributed by atoms with E-state index in [2.05, 4.69) is 19.2 Å². The Morgan fingerprint density at radius 2 is 1.90 bits per heavy atom. The van der Waals surface area contributed by atoms with E-state index in [0.29, 0.717) is 18.2 Å². The van der Waals surface area contributed by atoms with Crippen LogP contribution in [0.15, 0.2) is 42.5 Å². The molecule has 2 rings (SSSR count). The van der Waals surface area contributed by atoms with Gasteiger partial charge in [-0.05, 0) is 42.3 Å². The number of nitrogens with one attached hydrogen (secondary N) is 1. The molecule has 0 saturated carbocycles. The van der Waals surface area contributed by atoms with Gasteiger partial charge in [-0.15, -0.1) is 0 Å². The molecule has 0 radical (unpaired) electrons. The molecule has 0 bridgehead atoms. The third-order valence-electron chi connectivity index (χ3n) is 3.08. The third-order valence-corrected chi connectivity index (χ3v) is 3.08. The average molecular weight is 273 g/mol. The number of ether oxygens (including phenoxy) is 1. The number of benzene rings is 2. The first-order valence-electron chi connectivity index (χ1n) is 6.81. The van der Waals surface area contributed by atoms with Crippen molar-refractivity contribution in [2.45, 2.75) is 26.3 Å². The maximum Gasteiger partial charge on any atom is 0.130 e. The van der Waals surface area contributed by atoms with Crippen molar-refractivity contribution < 1.29 is 9.13 Å². The van der Waals surface area contributed by atoms with Gasteiger partial charge in [0.25, 0.3) is 0 Å². The highest BCUT2D eigenvalue weighted by Crippen LogP contribution is 2.31. The van der Waals surface area contributed by atoms with Gasteiger partial charge in [-0.1, -0.05) is 32.0 Å². The first-order valence-corrected chi connectivity index (χ1v) is 6.81. The lowest BCUT2D eigenvalue weighted by Gasteiger charge is -2.14. The van der Waals surface area contributed by atoms with E-state index >= 15 is 0 Å². The largest absolute Gasteiger partial charge is 0.457 e. The third kappa shape index (κ3) is 3.58. The first-order chi connectivity index (χ1) is 9.60. The van der Waals surface area contributed by atoms with Crippen LogP contribution in [0.25, 0.3) is 0 Å². The summed E-state index contributed by atoms with van der Waals surface area (Å²) in [5, 5.41) is 3.01. The van der Waals surface area contributed by atoms with Crippen LogP contribution in [-0.2, 0) is 6.54 Å². The van der Waals surface area contributed by atoms with Crippen molar-refractivity contribution >= 4 is 0 Å². The van der Waals surface area contributed by atoms with Crippen molar-refractivity contribution in [3.05, 3.63) is 59.4 Å². The van der Waals surface area contributed by atoms with Crippen LogP contribution in [0.1, 0.15) is 30.9 Å². The summed E-state index contributed by atoms with van der Waals surface area (Å²) in [6.45, 7) is 4.83. The Kier molecular flexibility index (Phi) is 4.74. The van der Waals surface area contributed by atoms with E-state index in [0.717, 1.165) is 16.9 Å². The van der Waals surface area contributed by atoms with Gasteiger partial charge >= 0.3 is 0 Å². The Hall–Kier alpha value is -1.87. The summed E-state index contributed by atoms with van der Waals surface area (Å²) >= 11 is 0. The Labute approximate surface area is 119 Å². The number of hydrogen-bond acceptors (Lipinski definition) is 2. The molecule has 2 aromatic carbocycles. The van der Waals surface area contributed by atoms with Gasteiger partial charge in [0.15, 0.2) is 0 Å². The highest BCUT2D eigenvalue weighted by Gasteiger charge is 2.09. The van der Waals surface area contributed by atoms with Crippen LogP contribution < -0.4 is 10.1 Å². The molecule has 0 heterocycles. The number of halogens is 1. The fourth-order valence-corrected chi connectivity index (χ4v) is 2.16. The molecule has 0 aliphatic rings. The second kappa shape index (κ2) is 6.53. The minimum Gasteiger partial charge on any atom is -0.457 e. The summed E-state index contributed by atoms with van der Waals surface area (Å²) in [6.07, 6.45) is 0. The van der Waals surface area contributed by atoms with Crippen molar-refractivity contribution in [2.24, 2.45) is 0 Å². The molecule has 106 valence electrons. The highest BCUT2D eigenvalue weighted by atomic mass is 19.1. The summed E-state index contributed by atoms with van der Waals surface area (Å²) in [5.74, 6) is 1.39. The Balaban J connectivity index is 2.30. The molecule has 0 spiro atoms. The molecular weight excluding hydrogens is 253 g/mol. The van der Waals surface area contributed by atoms with Crippen LogP contribution in [0, 0.1) is 5.82 Å². The number of rotatable bonds is 5. The van der Waals surface area contributed by atoms with Crippen molar-refractivity contribution in [3.8, 4) is 11.5 Å². The van der Waals surface area contributed by atoms with E-state index < -0.39 is 0 Å². The molecule has 0 unspecified atom stereocenters. The molecule has 20 heavy (non-hydrogen) atoms. The Bertz CT molecular complexity index is 581. The van der Waals surface area contributed by atoms with Gasteiger partial charge in [-0.2, -0.15) is 0 Å². The fourth-order valence-electron chi connectivity index (χ4n) is 2.16. The molecule has 2 nitrogen and oxygen atoms in total. The monoisotopic (exact) mass is 273 g/mol. The summed E-state index contributed by atoms with van der Waals surface area (Å²) < 4.78 is 19.5. The van der Waals surface area contributed by atoms with E-state index in [-0.39, 0.29) is 5.82 Å². The average Bonchev–Trinajstić information content (AvgIpc) is 2.38. The van der Waals surface area contributed by atoms with Crippen LogP contribution in [0.4, 0.5) is 4.39 Å². The molecule has 0 aromatic heterocycles. The molecule has 0 atom stereocenters. The lowest BCUT2D eigenvalue weighted by molar-refractivity contribution is 0.466. The lowest BCUT2D eigenvalue weighted by atomic mass is 10.0. The molecule has 3 heteroatoms. The van der Waals surface area contributed by atoms with Crippen molar-refractivity contribution in [2.75, 3.05) is 7.05 Å². The topological polar surface area (TPSA) is 21.3 Å². The van der Waals surface area contributed by atoms with Crippen molar-refractivity contribution in [3.63, 3.8) is 0 Å². The van der Waals surface area contributed by atoms with Gasteiger partial charge in [0.1, 0.15) is 17.3 Å². The highest BCUT2D eigenvalue weighted by molar-refractivity contribution is 5.40. The van der Waals surface area contributed by atoms with Gasteiger partial charge in [0.2, 0.25) is 0 Å². The van der Waals surface area contributed by atoms with E-state index in [9.17, 15) is 4.39 Å². The van der Waals surface area contributed by atoms with Gasteiger partial charge < -0.3 is 10.1 Å². The molecule has 0 fully saturated rings.